The first-order valence-electron chi connectivity index (χ1n) is 8.58. The van der Waals surface area contributed by atoms with Crippen LogP contribution in [-0.2, 0) is 13.0 Å². The van der Waals surface area contributed by atoms with E-state index in [1.165, 1.54) is 6.07 Å². The Kier molecular flexibility index (Phi) is 6.39. The molecule has 1 heterocycles. The summed E-state index contributed by atoms with van der Waals surface area (Å²) >= 11 is 5.96. The van der Waals surface area contributed by atoms with Crippen LogP contribution in [0.25, 0.3) is 0 Å². The van der Waals surface area contributed by atoms with E-state index < -0.39 is 0 Å². The highest BCUT2D eigenvalue weighted by Gasteiger charge is 2.07. The Hall–Kier alpha value is -2.92. The molecule has 0 fully saturated rings. The summed E-state index contributed by atoms with van der Waals surface area (Å²) in [4.78, 5) is 16.5. The van der Waals surface area contributed by atoms with E-state index in [4.69, 9.17) is 11.6 Å². The van der Waals surface area contributed by atoms with Crippen molar-refractivity contribution in [2.24, 2.45) is 0 Å². The molecule has 3 aromatic rings. The first kappa shape index (κ1) is 18.9. The predicted molar refractivity (Wildman–Crippen MR) is 105 cm³/mol. The lowest BCUT2D eigenvalue weighted by Gasteiger charge is -2.09. The fraction of sp³-hybridized carbons (Fsp3) is 0.143. The quantitative estimate of drug-likeness (QED) is 0.633. The fourth-order valence-corrected chi connectivity index (χ4v) is 2.82. The van der Waals surface area contributed by atoms with Crippen molar-refractivity contribution in [1.82, 2.24) is 10.3 Å². The van der Waals surface area contributed by atoms with E-state index in [0.29, 0.717) is 41.5 Å². The summed E-state index contributed by atoms with van der Waals surface area (Å²) < 4.78 is 13.7. The third-order valence-electron chi connectivity index (χ3n) is 4.03. The molecule has 1 aromatic heterocycles. The Morgan fingerprint density at radius 3 is 2.74 bits per heavy atom. The van der Waals surface area contributed by atoms with E-state index in [9.17, 15) is 9.18 Å². The Labute approximate surface area is 162 Å². The zero-order chi connectivity index (χ0) is 19.1. The molecule has 0 bridgehead atoms. The van der Waals surface area contributed by atoms with Crippen LogP contribution in [0.15, 0.2) is 66.9 Å². The standard InChI is InChI=1S/C21H19ClFN3O/c22-18-6-3-4-15(12-18)8-10-25-21(27)16-9-11-24-20(13-16)26-14-17-5-1-2-7-19(17)23/h1-7,9,11-13H,8,10,14H2,(H,24,26)(H,25,27). The first-order valence-corrected chi connectivity index (χ1v) is 8.95. The molecule has 0 aliphatic heterocycles. The molecule has 2 aromatic carbocycles. The number of hydrogen-bond acceptors (Lipinski definition) is 3. The molecule has 0 saturated carbocycles. The number of carbonyl (C=O) groups is 1. The Morgan fingerprint density at radius 2 is 1.93 bits per heavy atom. The first-order chi connectivity index (χ1) is 13.1. The van der Waals surface area contributed by atoms with Crippen molar-refractivity contribution in [2.45, 2.75) is 13.0 Å². The maximum absolute atomic E-state index is 13.7. The van der Waals surface area contributed by atoms with Crippen molar-refractivity contribution in [1.29, 1.82) is 0 Å². The van der Waals surface area contributed by atoms with Crippen LogP contribution in [0.2, 0.25) is 5.02 Å². The molecule has 2 N–H and O–H groups in total. The second-order valence-corrected chi connectivity index (χ2v) is 6.45. The summed E-state index contributed by atoms with van der Waals surface area (Å²) in [5.41, 5.74) is 2.09. The smallest absolute Gasteiger partial charge is 0.251 e. The van der Waals surface area contributed by atoms with Crippen LogP contribution in [0.4, 0.5) is 10.2 Å². The summed E-state index contributed by atoms with van der Waals surface area (Å²) in [6.45, 7) is 0.791. The zero-order valence-corrected chi connectivity index (χ0v) is 15.3. The summed E-state index contributed by atoms with van der Waals surface area (Å²) in [7, 11) is 0. The van der Waals surface area contributed by atoms with Crippen LogP contribution in [0.1, 0.15) is 21.5 Å². The minimum absolute atomic E-state index is 0.187. The number of carbonyl (C=O) groups excluding carboxylic acids is 1. The van der Waals surface area contributed by atoms with E-state index in [1.54, 1.807) is 36.5 Å². The van der Waals surface area contributed by atoms with Crippen molar-refractivity contribution in [3.8, 4) is 0 Å². The number of hydrogen-bond donors (Lipinski definition) is 2. The van der Waals surface area contributed by atoms with Crippen molar-refractivity contribution in [3.05, 3.63) is 94.4 Å². The lowest BCUT2D eigenvalue weighted by molar-refractivity contribution is 0.0954. The van der Waals surface area contributed by atoms with Crippen molar-refractivity contribution >= 4 is 23.3 Å². The minimum Gasteiger partial charge on any atom is -0.366 e. The molecule has 0 spiro atoms. The molecule has 1 amide bonds. The lowest BCUT2D eigenvalue weighted by atomic mass is 10.1. The number of nitrogens with one attached hydrogen (secondary N) is 2. The molecule has 0 aliphatic carbocycles. The normalized spacial score (nSPS) is 10.4. The average Bonchev–Trinajstić information content (AvgIpc) is 2.67. The van der Waals surface area contributed by atoms with Crippen LogP contribution in [-0.4, -0.2) is 17.4 Å². The number of benzene rings is 2. The highest BCUT2D eigenvalue weighted by Crippen LogP contribution is 2.12. The molecule has 0 unspecified atom stereocenters. The van der Waals surface area contributed by atoms with Gasteiger partial charge in [-0.3, -0.25) is 4.79 Å². The third kappa shape index (κ3) is 5.53. The van der Waals surface area contributed by atoms with Crippen LogP contribution in [0.5, 0.6) is 0 Å². The van der Waals surface area contributed by atoms with Crippen LogP contribution < -0.4 is 10.6 Å². The van der Waals surface area contributed by atoms with Gasteiger partial charge in [-0.05, 0) is 42.3 Å². The van der Waals surface area contributed by atoms with Gasteiger partial charge in [0.25, 0.3) is 5.91 Å². The molecular formula is C21H19ClFN3O. The monoisotopic (exact) mass is 383 g/mol. The number of aromatic nitrogens is 1. The number of pyridine rings is 1. The van der Waals surface area contributed by atoms with Crippen molar-refractivity contribution in [3.63, 3.8) is 0 Å². The summed E-state index contributed by atoms with van der Waals surface area (Å²) in [5.74, 6) is 0.0500. The minimum atomic E-state index is -0.278. The molecule has 3 rings (SSSR count). The van der Waals surface area contributed by atoms with E-state index in [0.717, 1.165) is 5.56 Å². The molecule has 4 nitrogen and oxygen atoms in total. The van der Waals surface area contributed by atoms with Crippen molar-refractivity contribution < 1.29 is 9.18 Å². The summed E-state index contributed by atoms with van der Waals surface area (Å²) in [6.07, 6.45) is 2.24. The van der Waals surface area contributed by atoms with E-state index in [2.05, 4.69) is 15.6 Å². The molecule has 138 valence electrons. The zero-order valence-electron chi connectivity index (χ0n) is 14.6. The number of halogens is 2. The van der Waals surface area contributed by atoms with Gasteiger partial charge in [-0.25, -0.2) is 9.37 Å². The van der Waals surface area contributed by atoms with Gasteiger partial charge in [0.1, 0.15) is 11.6 Å². The second-order valence-electron chi connectivity index (χ2n) is 6.01. The van der Waals surface area contributed by atoms with E-state index in [-0.39, 0.29) is 11.7 Å². The molecular weight excluding hydrogens is 365 g/mol. The number of rotatable bonds is 7. The van der Waals surface area contributed by atoms with Gasteiger partial charge in [-0.2, -0.15) is 0 Å². The third-order valence-corrected chi connectivity index (χ3v) is 4.26. The van der Waals surface area contributed by atoms with Gasteiger partial charge in [0, 0.05) is 35.4 Å². The second kappa shape index (κ2) is 9.14. The summed E-state index contributed by atoms with van der Waals surface area (Å²) in [6, 6.07) is 17.4. The largest absolute Gasteiger partial charge is 0.366 e. The Balaban J connectivity index is 1.54. The van der Waals surface area contributed by atoms with Crippen LogP contribution in [0.3, 0.4) is 0 Å². The molecule has 0 aliphatic rings. The maximum Gasteiger partial charge on any atom is 0.251 e. The average molecular weight is 384 g/mol. The number of anilines is 1. The van der Waals surface area contributed by atoms with Gasteiger partial charge < -0.3 is 10.6 Å². The highest BCUT2D eigenvalue weighted by molar-refractivity contribution is 6.30. The predicted octanol–water partition coefficient (Wildman–Crippen LogP) is 4.46. The van der Waals surface area contributed by atoms with Gasteiger partial charge in [-0.1, -0.05) is 41.9 Å². The van der Waals surface area contributed by atoms with E-state index in [1.807, 2.05) is 24.3 Å². The topological polar surface area (TPSA) is 54.0 Å². The number of nitrogens with zero attached hydrogens (tertiary/aromatic N) is 1. The fourth-order valence-electron chi connectivity index (χ4n) is 2.61. The molecule has 27 heavy (non-hydrogen) atoms. The molecule has 0 atom stereocenters. The molecule has 0 radical (unpaired) electrons. The Bertz CT molecular complexity index is 933. The van der Waals surface area contributed by atoms with Gasteiger partial charge in [0.05, 0.1) is 0 Å². The van der Waals surface area contributed by atoms with Gasteiger partial charge >= 0.3 is 0 Å². The van der Waals surface area contributed by atoms with Crippen LogP contribution in [0, 0.1) is 5.82 Å². The molecule has 6 heteroatoms. The van der Waals surface area contributed by atoms with Gasteiger partial charge in [-0.15, -0.1) is 0 Å². The molecule has 0 saturated heterocycles. The SMILES string of the molecule is O=C(NCCc1cccc(Cl)c1)c1ccnc(NCc2ccccc2F)c1. The lowest BCUT2D eigenvalue weighted by Crippen LogP contribution is -2.25. The van der Waals surface area contributed by atoms with Crippen molar-refractivity contribution in [2.75, 3.05) is 11.9 Å². The Morgan fingerprint density at radius 1 is 1.07 bits per heavy atom. The maximum atomic E-state index is 13.7. The number of amides is 1. The summed E-state index contributed by atoms with van der Waals surface area (Å²) in [5, 5.41) is 6.60. The highest BCUT2D eigenvalue weighted by atomic mass is 35.5. The van der Waals surface area contributed by atoms with E-state index >= 15 is 0 Å². The van der Waals surface area contributed by atoms with Gasteiger partial charge in [0.15, 0.2) is 0 Å². The van der Waals surface area contributed by atoms with Gasteiger partial charge in [0.2, 0.25) is 0 Å². The van der Waals surface area contributed by atoms with Crippen LogP contribution >= 0.6 is 11.6 Å².